The van der Waals surface area contributed by atoms with Crippen LogP contribution < -0.4 is 4.90 Å². The number of fused-ring (bicyclic) bond motifs is 3. The molecule has 1 aromatic carbocycles. The van der Waals surface area contributed by atoms with Gasteiger partial charge in [0.25, 0.3) is 0 Å². The van der Waals surface area contributed by atoms with Crippen molar-refractivity contribution in [2.45, 2.75) is 50.9 Å². The molecule has 3 heterocycles. The number of benzene rings is 1. The standard InChI is InChI=1S/C25H27FN4OS/c26-18-9-5-16(6-10-18)15-21(31)29-11-13-30(14-12-29)24-22-19-3-1-2-4-20(19)32-25(22)28-23(27-24)17-7-8-17/h5-6,9-10,17H,1-4,7-8,11-15H2. The first-order chi connectivity index (χ1) is 15.7. The molecule has 2 fully saturated rings. The fraction of sp³-hybridized carbons (Fsp3) is 0.480. The Bertz CT molecular complexity index is 1160. The molecule has 2 aliphatic carbocycles. The van der Waals surface area contributed by atoms with E-state index >= 15 is 0 Å². The summed E-state index contributed by atoms with van der Waals surface area (Å²) >= 11 is 1.88. The van der Waals surface area contributed by atoms with Gasteiger partial charge < -0.3 is 9.80 Å². The van der Waals surface area contributed by atoms with Crippen molar-refractivity contribution in [2.75, 3.05) is 31.1 Å². The summed E-state index contributed by atoms with van der Waals surface area (Å²) in [5, 5.41) is 1.28. The molecule has 0 N–H and O–H groups in total. The van der Waals surface area contributed by atoms with E-state index in [1.165, 1.54) is 64.9 Å². The third-order valence-electron chi connectivity index (χ3n) is 6.96. The summed E-state index contributed by atoms with van der Waals surface area (Å²) < 4.78 is 13.1. The van der Waals surface area contributed by atoms with E-state index in [0.29, 0.717) is 25.4 Å². The fourth-order valence-corrected chi connectivity index (χ4v) is 6.23. The molecule has 1 saturated heterocycles. The Balaban J connectivity index is 1.23. The molecule has 32 heavy (non-hydrogen) atoms. The van der Waals surface area contributed by atoms with Crippen molar-refractivity contribution in [2.24, 2.45) is 0 Å². The van der Waals surface area contributed by atoms with Crippen molar-refractivity contribution in [3.63, 3.8) is 0 Å². The zero-order valence-electron chi connectivity index (χ0n) is 18.1. The smallest absolute Gasteiger partial charge is 0.227 e. The minimum atomic E-state index is -0.271. The van der Waals surface area contributed by atoms with Crippen LogP contribution in [0.25, 0.3) is 10.2 Å². The van der Waals surface area contributed by atoms with Crippen molar-refractivity contribution >= 4 is 33.3 Å². The molecule has 6 rings (SSSR count). The maximum Gasteiger partial charge on any atom is 0.227 e. The lowest BCUT2D eigenvalue weighted by Gasteiger charge is -2.36. The summed E-state index contributed by atoms with van der Waals surface area (Å²) in [6, 6.07) is 6.22. The quantitative estimate of drug-likeness (QED) is 0.588. The van der Waals surface area contributed by atoms with Gasteiger partial charge in [0.1, 0.15) is 22.3 Å². The van der Waals surface area contributed by atoms with Gasteiger partial charge in [0, 0.05) is 37.0 Å². The van der Waals surface area contributed by atoms with Crippen molar-refractivity contribution in [3.8, 4) is 0 Å². The summed E-state index contributed by atoms with van der Waals surface area (Å²) in [7, 11) is 0. The number of halogens is 1. The Morgan fingerprint density at radius 1 is 1.03 bits per heavy atom. The van der Waals surface area contributed by atoms with Crippen LogP contribution in [0.3, 0.4) is 0 Å². The van der Waals surface area contributed by atoms with Crippen LogP contribution in [0.1, 0.15) is 53.4 Å². The van der Waals surface area contributed by atoms with E-state index in [-0.39, 0.29) is 11.7 Å². The SMILES string of the molecule is O=C(Cc1ccc(F)cc1)N1CCN(c2nc(C3CC3)nc3sc4c(c23)CCCC4)CC1. The molecule has 1 aliphatic heterocycles. The number of piperazine rings is 1. The fourth-order valence-electron chi connectivity index (χ4n) is 4.96. The number of hydrogen-bond acceptors (Lipinski definition) is 5. The molecule has 2 aromatic heterocycles. The molecule has 0 radical (unpaired) electrons. The van der Waals surface area contributed by atoms with Crippen LogP contribution in [0.15, 0.2) is 24.3 Å². The van der Waals surface area contributed by atoms with E-state index in [1.54, 1.807) is 12.1 Å². The van der Waals surface area contributed by atoms with Crippen molar-refractivity contribution in [3.05, 3.63) is 51.9 Å². The molecule has 0 spiro atoms. The zero-order chi connectivity index (χ0) is 21.7. The van der Waals surface area contributed by atoms with E-state index in [9.17, 15) is 9.18 Å². The molecule has 7 heteroatoms. The summed E-state index contributed by atoms with van der Waals surface area (Å²) in [5.74, 6) is 2.47. The predicted octanol–water partition coefficient (Wildman–Crippen LogP) is 4.48. The number of carbonyl (C=O) groups is 1. The Morgan fingerprint density at radius 2 is 1.78 bits per heavy atom. The second-order valence-electron chi connectivity index (χ2n) is 9.24. The topological polar surface area (TPSA) is 49.3 Å². The highest BCUT2D eigenvalue weighted by atomic mass is 32.1. The Morgan fingerprint density at radius 3 is 2.53 bits per heavy atom. The molecule has 5 nitrogen and oxygen atoms in total. The van der Waals surface area contributed by atoms with E-state index in [4.69, 9.17) is 9.97 Å². The monoisotopic (exact) mass is 450 g/mol. The maximum atomic E-state index is 13.1. The molecular weight excluding hydrogens is 423 g/mol. The van der Waals surface area contributed by atoms with Crippen LogP contribution in [-0.4, -0.2) is 47.0 Å². The van der Waals surface area contributed by atoms with Crippen LogP contribution in [-0.2, 0) is 24.1 Å². The lowest BCUT2D eigenvalue weighted by atomic mass is 9.97. The van der Waals surface area contributed by atoms with Gasteiger partial charge >= 0.3 is 0 Å². The van der Waals surface area contributed by atoms with Gasteiger partial charge in [-0.15, -0.1) is 11.3 Å². The van der Waals surface area contributed by atoms with Crippen LogP contribution in [0.2, 0.25) is 0 Å². The third-order valence-corrected chi connectivity index (χ3v) is 8.14. The number of aromatic nitrogens is 2. The van der Waals surface area contributed by atoms with Gasteiger partial charge in [-0.25, -0.2) is 14.4 Å². The number of hydrogen-bond donors (Lipinski definition) is 0. The number of rotatable bonds is 4. The molecule has 3 aliphatic rings. The summed E-state index contributed by atoms with van der Waals surface area (Å²) in [4.78, 5) is 29.9. The number of amides is 1. The van der Waals surface area contributed by atoms with Crippen LogP contribution in [0.4, 0.5) is 10.2 Å². The lowest BCUT2D eigenvalue weighted by molar-refractivity contribution is -0.130. The number of thiophene rings is 1. The first-order valence-corrected chi connectivity index (χ1v) is 12.6. The predicted molar refractivity (Wildman–Crippen MR) is 125 cm³/mol. The molecule has 166 valence electrons. The maximum absolute atomic E-state index is 13.1. The van der Waals surface area contributed by atoms with E-state index in [1.807, 2.05) is 16.2 Å². The Kier molecular flexibility index (Phi) is 5.09. The first-order valence-electron chi connectivity index (χ1n) is 11.7. The van der Waals surface area contributed by atoms with E-state index in [2.05, 4.69) is 4.90 Å². The molecule has 0 unspecified atom stereocenters. The van der Waals surface area contributed by atoms with Gasteiger partial charge in [-0.3, -0.25) is 4.79 Å². The molecule has 1 saturated carbocycles. The first kappa shape index (κ1) is 20.1. The van der Waals surface area contributed by atoms with Gasteiger partial charge in [-0.2, -0.15) is 0 Å². The summed E-state index contributed by atoms with van der Waals surface area (Å²) in [5.41, 5.74) is 2.33. The number of nitrogens with zero attached hydrogens (tertiary/aromatic N) is 4. The van der Waals surface area contributed by atoms with Gasteiger partial charge in [0.15, 0.2) is 0 Å². The molecule has 3 aromatic rings. The second-order valence-corrected chi connectivity index (χ2v) is 10.3. The van der Waals surface area contributed by atoms with E-state index < -0.39 is 0 Å². The van der Waals surface area contributed by atoms with Gasteiger partial charge in [0.2, 0.25) is 5.91 Å². The second kappa shape index (κ2) is 8.10. The van der Waals surface area contributed by atoms with Crippen molar-refractivity contribution in [1.29, 1.82) is 0 Å². The van der Waals surface area contributed by atoms with Gasteiger partial charge in [-0.1, -0.05) is 12.1 Å². The van der Waals surface area contributed by atoms with Gasteiger partial charge in [0.05, 0.1) is 11.8 Å². The minimum absolute atomic E-state index is 0.107. The number of aryl methyl sites for hydroxylation is 2. The average molecular weight is 451 g/mol. The molecule has 0 bridgehead atoms. The lowest BCUT2D eigenvalue weighted by Crippen LogP contribution is -2.49. The van der Waals surface area contributed by atoms with Crippen LogP contribution in [0, 0.1) is 5.82 Å². The Hall–Kier alpha value is -2.54. The molecular formula is C25H27FN4OS. The molecule has 0 atom stereocenters. The number of anilines is 1. The average Bonchev–Trinajstić information content (AvgIpc) is 3.60. The van der Waals surface area contributed by atoms with Crippen LogP contribution >= 0.6 is 11.3 Å². The highest BCUT2D eigenvalue weighted by Crippen LogP contribution is 2.44. The number of carbonyl (C=O) groups excluding carboxylic acids is 1. The normalized spacial score (nSPS) is 18.8. The third kappa shape index (κ3) is 3.76. The van der Waals surface area contributed by atoms with Gasteiger partial charge in [-0.05, 0) is 61.8 Å². The summed E-state index contributed by atoms with van der Waals surface area (Å²) in [6.07, 6.45) is 7.53. The molecule has 1 amide bonds. The summed E-state index contributed by atoms with van der Waals surface area (Å²) in [6.45, 7) is 2.96. The largest absolute Gasteiger partial charge is 0.352 e. The highest BCUT2D eigenvalue weighted by Gasteiger charge is 2.32. The zero-order valence-corrected chi connectivity index (χ0v) is 19.0. The van der Waals surface area contributed by atoms with Crippen molar-refractivity contribution in [1.82, 2.24) is 14.9 Å². The minimum Gasteiger partial charge on any atom is -0.352 e. The van der Waals surface area contributed by atoms with Crippen molar-refractivity contribution < 1.29 is 9.18 Å². The highest BCUT2D eigenvalue weighted by molar-refractivity contribution is 7.19. The van der Waals surface area contributed by atoms with Crippen LogP contribution in [0.5, 0.6) is 0 Å². The Labute approximate surface area is 191 Å². The van der Waals surface area contributed by atoms with E-state index in [0.717, 1.165) is 36.7 Å².